The van der Waals surface area contributed by atoms with E-state index in [0.717, 1.165) is 20.1 Å². The predicted octanol–water partition coefficient (Wildman–Crippen LogP) is 10.4. The molecule has 2 atom stereocenters. The molecule has 4 aromatic carbocycles. The number of hydrogen-bond donors (Lipinski definition) is 0. The summed E-state index contributed by atoms with van der Waals surface area (Å²) >= 11 is 32.5. The summed E-state index contributed by atoms with van der Waals surface area (Å²) in [4.78, 5) is 14.5. The van der Waals surface area contributed by atoms with Gasteiger partial charge in [0, 0.05) is 29.0 Å². The van der Waals surface area contributed by atoms with E-state index in [-0.39, 0.29) is 5.78 Å². The van der Waals surface area contributed by atoms with E-state index in [1.54, 1.807) is 36.4 Å². The lowest BCUT2D eigenvalue weighted by molar-refractivity contribution is -0.120. The minimum Gasteiger partial charge on any atom is -0.298 e. The van der Waals surface area contributed by atoms with E-state index in [2.05, 4.69) is 31.9 Å². The van der Waals surface area contributed by atoms with E-state index in [1.807, 2.05) is 48.5 Å². The summed E-state index contributed by atoms with van der Waals surface area (Å²) in [5, 5.41) is 1.85. The van der Waals surface area contributed by atoms with E-state index < -0.39 is 11.8 Å². The molecule has 0 amide bonds. The van der Waals surface area contributed by atoms with Crippen LogP contribution in [0.3, 0.4) is 0 Å². The number of benzene rings is 4. The van der Waals surface area contributed by atoms with Gasteiger partial charge in [-0.1, -0.05) is 115 Å². The predicted molar refractivity (Wildman–Crippen MR) is 150 cm³/mol. The van der Waals surface area contributed by atoms with Gasteiger partial charge in [0.25, 0.3) is 0 Å². The van der Waals surface area contributed by atoms with E-state index in [9.17, 15) is 4.79 Å². The summed E-state index contributed by atoms with van der Waals surface area (Å²) in [6, 6.07) is 25.7. The van der Waals surface area contributed by atoms with Crippen molar-refractivity contribution in [1.29, 1.82) is 0 Å². The molecular weight excluding hydrogens is 642 g/mol. The van der Waals surface area contributed by atoms with Crippen LogP contribution in [0.5, 0.6) is 0 Å². The molecule has 1 nitrogen and oxygen atoms in total. The van der Waals surface area contributed by atoms with Crippen molar-refractivity contribution in [3.8, 4) is 0 Å². The monoisotopic (exact) mass is 654 g/mol. The van der Waals surface area contributed by atoms with Crippen molar-refractivity contribution < 1.29 is 4.79 Å². The molecule has 0 saturated carbocycles. The highest BCUT2D eigenvalue weighted by atomic mass is 79.9. The van der Waals surface area contributed by atoms with Gasteiger partial charge >= 0.3 is 0 Å². The second-order valence-corrected chi connectivity index (χ2v) is 11.2. The Hall–Kier alpha value is -1.33. The Morgan fingerprint density at radius 1 is 0.559 bits per heavy atom. The van der Waals surface area contributed by atoms with Crippen molar-refractivity contribution in [2.45, 2.75) is 11.8 Å². The highest BCUT2D eigenvalue weighted by Crippen LogP contribution is 2.41. The summed E-state index contributed by atoms with van der Waals surface area (Å²) in [6.45, 7) is 0. The van der Waals surface area contributed by atoms with Crippen molar-refractivity contribution in [3.05, 3.63) is 136 Å². The van der Waals surface area contributed by atoms with Gasteiger partial charge in [-0.05, 0) is 70.8 Å². The number of ketones is 1. The van der Waals surface area contributed by atoms with Crippen LogP contribution in [0.15, 0.2) is 93.9 Å². The maximum Gasteiger partial charge on any atom is 0.156 e. The second kappa shape index (κ2) is 11.2. The van der Waals surface area contributed by atoms with Crippen molar-refractivity contribution >= 4 is 84.0 Å². The first-order valence-electron chi connectivity index (χ1n) is 10.2. The van der Waals surface area contributed by atoms with Gasteiger partial charge in [-0.2, -0.15) is 0 Å². The first kappa shape index (κ1) is 25.8. The third kappa shape index (κ3) is 5.73. The van der Waals surface area contributed by atoms with Gasteiger partial charge in [0.05, 0.1) is 11.8 Å². The zero-order chi connectivity index (χ0) is 24.4. The highest BCUT2D eigenvalue weighted by molar-refractivity contribution is 9.10. The Balaban J connectivity index is 1.94. The molecule has 0 bridgehead atoms. The lowest BCUT2D eigenvalue weighted by atomic mass is 9.77. The van der Waals surface area contributed by atoms with Crippen LogP contribution in [0.4, 0.5) is 0 Å². The van der Waals surface area contributed by atoms with Gasteiger partial charge in [0.2, 0.25) is 0 Å². The number of rotatable bonds is 6. The van der Waals surface area contributed by atoms with Crippen LogP contribution in [0.2, 0.25) is 20.1 Å². The highest BCUT2D eigenvalue weighted by Gasteiger charge is 2.34. The van der Waals surface area contributed by atoms with Crippen molar-refractivity contribution in [2.24, 2.45) is 0 Å². The van der Waals surface area contributed by atoms with E-state index in [1.165, 1.54) is 0 Å². The van der Waals surface area contributed by atoms with Crippen molar-refractivity contribution in [3.63, 3.8) is 0 Å². The SMILES string of the molecule is O=C([C@H](c1ccc(Br)cc1)c1ccc(Cl)cc1Cl)[C@@H](c1ccc(Br)cc1)c1ccc(Cl)cc1Cl. The summed E-state index contributed by atoms with van der Waals surface area (Å²) in [5.41, 5.74) is 2.96. The van der Waals surface area contributed by atoms with Crippen molar-refractivity contribution in [1.82, 2.24) is 0 Å². The topological polar surface area (TPSA) is 17.1 Å². The Bertz CT molecular complexity index is 1240. The minimum absolute atomic E-state index is 0.0712. The summed E-state index contributed by atoms with van der Waals surface area (Å²) < 4.78 is 1.82. The Kier molecular flexibility index (Phi) is 8.45. The molecule has 0 spiro atoms. The number of halogens is 6. The van der Waals surface area contributed by atoms with Crippen LogP contribution in [-0.4, -0.2) is 5.78 Å². The standard InChI is InChI=1S/C27H16Br2Cl4O/c28-17-5-1-15(2-6-17)25(21-11-9-19(30)13-23(21)32)27(34)26(16-3-7-18(29)8-4-16)22-12-10-20(31)14-24(22)33/h1-14,25-26H/t25-,26+. The normalized spacial score (nSPS) is 12.9. The van der Waals surface area contributed by atoms with E-state index in [4.69, 9.17) is 46.4 Å². The van der Waals surface area contributed by atoms with Gasteiger partial charge in [-0.25, -0.2) is 0 Å². The largest absolute Gasteiger partial charge is 0.298 e. The van der Waals surface area contributed by atoms with Gasteiger partial charge in [-0.3, -0.25) is 4.79 Å². The molecule has 172 valence electrons. The second-order valence-electron chi connectivity index (χ2n) is 7.70. The fourth-order valence-corrected chi connectivity index (χ4v) is 5.51. The number of Topliss-reactive ketones (excluding diaryl/α,β-unsaturated/α-hetero) is 1. The molecule has 4 aromatic rings. The summed E-state index contributed by atoms with van der Waals surface area (Å²) in [7, 11) is 0. The zero-order valence-electron chi connectivity index (χ0n) is 17.4. The third-order valence-electron chi connectivity index (χ3n) is 5.52. The van der Waals surface area contributed by atoms with Crippen LogP contribution in [-0.2, 0) is 4.79 Å². The van der Waals surface area contributed by atoms with Crippen LogP contribution >= 0.6 is 78.3 Å². The molecule has 0 fully saturated rings. The van der Waals surface area contributed by atoms with Crippen LogP contribution < -0.4 is 0 Å². The Morgan fingerprint density at radius 3 is 1.24 bits per heavy atom. The molecule has 0 aliphatic heterocycles. The molecule has 0 N–H and O–H groups in total. The molecule has 34 heavy (non-hydrogen) atoms. The zero-order valence-corrected chi connectivity index (χ0v) is 23.6. The fraction of sp³-hybridized carbons (Fsp3) is 0.0741. The molecule has 0 radical (unpaired) electrons. The average molecular weight is 658 g/mol. The summed E-state index contributed by atoms with van der Waals surface area (Å²) in [5.74, 6) is -1.38. The number of carbonyl (C=O) groups is 1. The third-order valence-corrected chi connectivity index (χ3v) is 7.70. The molecule has 0 saturated heterocycles. The maximum atomic E-state index is 14.5. The van der Waals surface area contributed by atoms with Gasteiger partial charge in [0.1, 0.15) is 0 Å². The van der Waals surface area contributed by atoms with Crippen LogP contribution in [0.25, 0.3) is 0 Å². The van der Waals surface area contributed by atoms with Gasteiger partial charge in [-0.15, -0.1) is 0 Å². The molecule has 4 rings (SSSR count). The molecule has 0 aromatic heterocycles. The molecule has 0 aliphatic rings. The first-order chi connectivity index (χ1) is 16.2. The van der Waals surface area contributed by atoms with Gasteiger partial charge in [0.15, 0.2) is 5.78 Å². The smallest absolute Gasteiger partial charge is 0.156 e. The molecule has 7 heteroatoms. The molecular formula is C27H16Br2Cl4O. The molecule has 0 heterocycles. The fourth-order valence-electron chi connectivity index (χ4n) is 3.94. The van der Waals surface area contributed by atoms with E-state index >= 15 is 0 Å². The quantitative estimate of drug-likeness (QED) is 0.202. The van der Waals surface area contributed by atoms with Crippen LogP contribution in [0, 0.1) is 0 Å². The Labute approximate surface area is 235 Å². The minimum atomic E-state index is -0.654. The average Bonchev–Trinajstić information content (AvgIpc) is 2.79. The molecule has 0 aliphatic carbocycles. The molecule has 0 unspecified atom stereocenters. The lowest BCUT2D eigenvalue weighted by Crippen LogP contribution is -2.23. The number of hydrogen-bond acceptors (Lipinski definition) is 1. The number of carbonyl (C=O) groups excluding carboxylic acids is 1. The Morgan fingerprint density at radius 2 is 0.912 bits per heavy atom. The van der Waals surface area contributed by atoms with Gasteiger partial charge < -0.3 is 0 Å². The first-order valence-corrected chi connectivity index (χ1v) is 13.3. The lowest BCUT2D eigenvalue weighted by Gasteiger charge is -2.26. The van der Waals surface area contributed by atoms with Crippen LogP contribution in [0.1, 0.15) is 34.1 Å². The maximum absolute atomic E-state index is 14.5. The van der Waals surface area contributed by atoms with E-state index in [0.29, 0.717) is 31.2 Å². The van der Waals surface area contributed by atoms with Crippen molar-refractivity contribution in [2.75, 3.05) is 0 Å². The summed E-state index contributed by atoms with van der Waals surface area (Å²) in [6.07, 6.45) is 0.